The van der Waals surface area contributed by atoms with Crippen LogP contribution in [0.3, 0.4) is 0 Å². The summed E-state index contributed by atoms with van der Waals surface area (Å²) in [6, 6.07) is 11.3. The highest BCUT2D eigenvalue weighted by molar-refractivity contribution is 7.89. The van der Waals surface area contributed by atoms with Gasteiger partial charge in [0.15, 0.2) is 0 Å². The zero-order valence-corrected chi connectivity index (χ0v) is 18.2. The van der Waals surface area contributed by atoms with Gasteiger partial charge in [-0.2, -0.15) is 13.2 Å². The maximum absolute atomic E-state index is 14.0. The van der Waals surface area contributed by atoms with E-state index in [0.717, 1.165) is 0 Å². The Labute approximate surface area is 179 Å². The quantitative estimate of drug-likeness (QED) is 0.565. The number of rotatable bonds is 8. The molecule has 1 amide bonds. The molecule has 0 aromatic heterocycles. The lowest BCUT2D eigenvalue weighted by molar-refractivity contribution is -0.172. The lowest BCUT2D eigenvalue weighted by Gasteiger charge is -2.37. The number of hydrogen-bond acceptors (Lipinski definition) is 4. The minimum absolute atomic E-state index is 0.0653. The number of halogens is 3. The summed E-state index contributed by atoms with van der Waals surface area (Å²) < 4.78 is 67.8. The van der Waals surface area contributed by atoms with E-state index >= 15 is 0 Å². The summed E-state index contributed by atoms with van der Waals surface area (Å²) in [5.74, 6) is -3.76. The van der Waals surface area contributed by atoms with Crippen molar-refractivity contribution in [3.05, 3.63) is 54.1 Å². The molecule has 0 aliphatic heterocycles. The number of nitrogens with one attached hydrogen (secondary N) is 1. The van der Waals surface area contributed by atoms with Gasteiger partial charge in [-0.25, -0.2) is 13.1 Å². The fraction of sp³-hybridized carbons (Fsp3) is 0.381. The van der Waals surface area contributed by atoms with Crippen molar-refractivity contribution in [2.75, 3.05) is 7.05 Å². The summed E-state index contributed by atoms with van der Waals surface area (Å²) in [5, 5.41) is 0. The smallest absolute Gasteiger partial charge is 0.368 e. The molecule has 2 rings (SSSR count). The average molecular weight is 458 g/mol. The summed E-state index contributed by atoms with van der Waals surface area (Å²) in [5.41, 5.74) is 10.0. The molecule has 6 nitrogen and oxygen atoms in total. The Hall–Kier alpha value is -2.43. The Morgan fingerprint density at radius 2 is 1.45 bits per heavy atom. The van der Waals surface area contributed by atoms with Gasteiger partial charge in [0.2, 0.25) is 15.9 Å². The summed E-state index contributed by atoms with van der Waals surface area (Å²) in [4.78, 5) is 12.1. The predicted molar refractivity (Wildman–Crippen MR) is 112 cm³/mol. The highest BCUT2D eigenvalue weighted by Gasteiger charge is 2.55. The molecule has 0 aliphatic carbocycles. The lowest BCUT2D eigenvalue weighted by Crippen LogP contribution is -2.60. The van der Waals surface area contributed by atoms with E-state index in [1.54, 1.807) is 26.0 Å². The summed E-state index contributed by atoms with van der Waals surface area (Å²) in [7, 11) is -2.31. The van der Waals surface area contributed by atoms with Crippen LogP contribution in [0.1, 0.15) is 31.7 Å². The molecule has 0 heterocycles. The van der Waals surface area contributed by atoms with E-state index < -0.39 is 33.6 Å². The summed E-state index contributed by atoms with van der Waals surface area (Å²) in [6.07, 6.45) is -5.01. The zero-order valence-electron chi connectivity index (χ0n) is 17.4. The Morgan fingerprint density at radius 1 is 1.00 bits per heavy atom. The number of nitrogens with two attached hydrogens (primary N) is 2. The molecule has 170 valence electrons. The van der Waals surface area contributed by atoms with Gasteiger partial charge in [-0.3, -0.25) is 4.79 Å². The molecular formula is C21H26F3N3O3S. The monoisotopic (exact) mass is 457 g/mol. The normalized spacial score (nSPS) is 15.5. The highest BCUT2D eigenvalue weighted by atomic mass is 32.2. The van der Waals surface area contributed by atoms with Crippen LogP contribution in [-0.2, 0) is 14.8 Å². The first-order valence-corrected chi connectivity index (χ1v) is 11.0. The number of sulfonamides is 1. The second-order valence-electron chi connectivity index (χ2n) is 7.83. The van der Waals surface area contributed by atoms with Gasteiger partial charge >= 0.3 is 6.18 Å². The van der Waals surface area contributed by atoms with Gasteiger partial charge in [-0.05, 0) is 48.2 Å². The highest BCUT2D eigenvalue weighted by Crippen LogP contribution is 2.44. The van der Waals surface area contributed by atoms with E-state index in [4.69, 9.17) is 11.5 Å². The van der Waals surface area contributed by atoms with Gasteiger partial charge in [0, 0.05) is 0 Å². The largest absolute Gasteiger partial charge is 0.398 e. The Kier molecular flexibility index (Phi) is 7.19. The molecular weight excluding hydrogens is 431 g/mol. The first kappa shape index (κ1) is 24.8. The molecule has 0 bridgehead atoms. The minimum Gasteiger partial charge on any atom is -0.368 e. The van der Waals surface area contributed by atoms with Crippen molar-refractivity contribution >= 4 is 15.9 Å². The van der Waals surface area contributed by atoms with Crippen LogP contribution in [-0.4, -0.2) is 33.1 Å². The van der Waals surface area contributed by atoms with Crippen molar-refractivity contribution in [1.82, 2.24) is 4.72 Å². The molecule has 2 atom stereocenters. The first-order valence-electron chi connectivity index (χ1n) is 9.52. The van der Waals surface area contributed by atoms with Crippen molar-refractivity contribution < 1.29 is 26.4 Å². The molecule has 0 aliphatic rings. The average Bonchev–Trinajstić information content (AvgIpc) is 2.67. The zero-order chi connectivity index (χ0) is 23.6. The molecule has 5 N–H and O–H groups in total. The maximum Gasteiger partial charge on any atom is 0.398 e. The van der Waals surface area contributed by atoms with Crippen molar-refractivity contribution in [2.45, 2.75) is 42.8 Å². The lowest BCUT2D eigenvalue weighted by atomic mass is 9.74. The number of benzene rings is 2. The topological polar surface area (TPSA) is 115 Å². The van der Waals surface area contributed by atoms with Crippen molar-refractivity contribution in [3.8, 4) is 11.1 Å². The van der Waals surface area contributed by atoms with Gasteiger partial charge in [-0.1, -0.05) is 50.2 Å². The van der Waals surface area contributed by atoms with E-state index in [1.165, 1.54) is 43.4 Å². The van der Waals surface area contributed by atoms with Crippen LogP contribution in [0.5, 0.6) is 0 Å². The Morgan fingerprint density at radius 3 is 1.81 bits per heavy atom. The number of primary amides is 1. The third-order valence-corrected chi connectivity index (χ3v) is 6.49. The van der Waals surface area contributed by atoms with Crippen LogP contribution in [0.2, 0.25) is 0 Å². The maximum atomic E-state index is 14.0. The number of carbonyl (C=O) groups is 1. The Balaban J connectivity index is 2.46. The van der Waals surface area contributed by atoms with Crippen LogP contribution in [0.4, 0.5) is 13.2 Å². The molecule has 1 unspecified atom stereocenters. The number of amides is 1. The molecule has 0 saturated carbocycles. The fourth-order valence-electron chi connectivity index (χ4n) is 3.63. The third-order valence-electron chi connectivity index (χ3n) is 5.06. The van der Waals surface area contributed by atoms with Crippen LogP contribution in [0.25, 0.3) is 11.1 Å². The van der Waals surface area contributed by atoms with Crippen molar-refractivity contribution in [3.63, 3.8) is 0 Å². The van der Waals surface area contributed by atoms with Crippen molar-refractivity contribution in [2.24, 2.45) is 17.4 Å². The molecule has 2 aromatic carbocycles. The second-order valence-corrected chi connectivity index (χ2v) is 9.72. The second kappa shape index (κ2) is 8.97. The number of carbonyl (C=O) groups excluding carboxylic acids is 1. The first-order chi connectivity index (χ1) is 14.2. The standard InChI is InChI=1S/C21H26F3N3O3S/c1-13(2)12-20(26,19(25)28)18(21(22,23)24)16-6-4-14(5-7-16)15-8-10-17(11-9-15)31(29,30)27-3/h4-11,13,18,27H,12,26H2,1-3H3,(H2,25,28)/t18?,20-/m0/s1. The molecule has 2 aromatic rings. The van der Waals surface area contributed by atoms with Crippen molar-refractivity contribution in [1.29, 1.82) is 0 Å². The van der Waals surface area contributed by atoms with Gasteiger partial charge in [-0.15, -0.1) is 0 Å². The van der Waals surface area contributed by atoms with Gasteiger partial charge < -0.3 is 11.5 Å². The van der Waals surface area contributed by atoms with Crippen LogP contribution in [0, 0.1) is 5.92 Å². The fourth-order valence-corrected chi connectivity index (χ4v) is 4.36. The van der Waals surface area contributed by atoms with Crippen LogP contribution in [0.15, 0.2) is 53.4 Å². The van der Waals surface area contributed by atoms with E-state index in [0.29, 0.717) is 11.1 Å². The predicted octanol–water partition coefficient (Wildman–Crippen LogP) is 3.14. The summed E-state index contributed by atoms with van der Waals surface area (Å²) >= 11 is 0. The molecule has 31 heavy (non-hydrogen) atoms. The van der Waals surface area contributed by atoms with Crippen LogP contribution < -0.4 is 16.2 Å². The van der Waals surface area contributed by atoms with E-state index in [2.05, 4.69) is 4.72 Å². The number of hydrogen-bond donors (Lipinski definition) is 3. The molecule has 0 spiro atoms. The van der Waals surface area contributed by atoms with E-state index in [9.17, 15) is 26.4 Å². The van der Waals surface area contributed by atoms with E-state index in [-0.39, 0.29) is 22.8 Å². The molecule has 10 heteroatoms. The molecule has 0 saturated heterocycles. The van der Waals surface area contributed by atoms with E-state index in [1.807, 2.05) is 0 Å². The summed E-state index contributed by atoms with van der Waals surface area (Å²) in [6.45, 7) is 3.33. The SMILES string of the molecule is CNS(=O)(=O)c1ccc(-c2ccc(C(C(F)(F)F)[C@@](N)(CC(C)C)C(N)=O)cc2)cc1. The molecule has 0 radical (unpaired) electrons. The van der Waals surface area contributed by atoms with Crippen LogP contribution >= 0.6 is 0 Å². The Bertz CT molecular complexity index is 1020. The molecule has 0 fully saturated rings. The van der Waals surface area contributed by atoms with Gasteiger partial charge in [0.05, 0.1) is 4.90 Å². The van der Waals surface area contributed by atoms with Gasteiger partial charge in [0.1, 0.15) is 11.5 Å². The minimum atomic E-state index is -4.79. The van der Waals surface area contributed by atoms with Gasteiger partial charge in [0.25, 0.3) is 0 Å². The number of alkyl halides is 3. The third kappa shape index (κ3) is 5.44.